The molecule has 1 aromatic rings. The Morgan fingerprint density at radius 2 is 2.07 bits per heavy atom. The summed E-state index contributed by atoms with van der Waals surface area (Å²) in [7, 11) is 0. The first-order valence-corrected chi connectivity index (χ1v) is 5.58. The molecule has 78 valence electrons. The largest absolute Gasteiger partial charge is 0.327 e. The van der Waals surface area contributed by atoms with Crippen LogP contribution in [0.25, 0.3) is 0 Å². The standard InChI is InChI=1S/C11H15Cl2N/c1-2-3-10(14)6-8-4-5-9(12)7-11(8)13/h4-5,7,10H,2-3,6,14H2,1H3/t10-/m1/s1. The van der Waals surface area contributed by atoms with E-state index in [1.807, 2.05) is 12.1 Å². The third-order valence-corrected chi connectivity index (χ3v) is 2.74. The van der Waals surface area contributed by atoms with Crippen molar-refractivity contribution >= 4 is 23.2 Å². The summed E-state index contributed by atoms with van der Waals surface area (Å²) in [4.78, 5) is 0. The highest BCUT2D eigenvalue weighted by Crippen LogP contribution is 2.22. The molecule has 0 aromatic heterocycles. The van der Waals surface area contributed by atoms with Gasteiger partial charge in [0.05, 0.1) is 0 Å². The van der Waals surface area contributed by atoms with E-state index in [0.29, 0.717) is 10.0 Å². The van der Waals surface area contributed by atoms with Crippen LogP contribution in [-0.2, 0) is 6.42 Å². The van der Waals surface area contributed by atoms with Gasteiger partial charge in [-0.05, 0) is 30.5 Å². The van der Waals surface area contributed by atoms with Crippen molar-refractivity contribution in [2.75, 3.05) is 0 Å². The number of hydrogen-bond acceptors (Lipinski definition) is 1. The summed E-state index contributed by atoms with van der Waals surface area (Å²) in [6.45, 7) is 2.13. The lowest BCUT2D eigenvalue weighted by molar-refractivity contribution is 0.600. The van der Waals surface area contributed by atoms with Crippen LogP contribution in [0.1, 0.15) is 25.3 Å². The molecule has 14 heavy (non-hydrogen) atoms. The Bertz CT molecular complexity index is 299. The Hall–Kier alpha value is -0.240. The fraction of sp³-hybridized carbons (Fsp3) is 0.455. The Labute approximate surface area is 95.2 Å². The highest BCUT2D eigenvalue weighted by atomic mass is 35.5. The molecule has 0 saturated heterocycles. The monoisotopic (exact) mass is 231 g/mol. The number of hydrogen-bond donors (Lipinski definition) is 1. The van der Waals surface area contributed by atoms with Crippen molar-refractivity contribution in [3.8, 4) is 0 Å². The number of rotatable bonds is 4. The second-order valence-corrected chi connectivity index (χ2v) is 4.33. The molecule has 0 saturated carbocycles. The molecule has 0 fully saturated rings. The molecule has 0 heterocycles. The lowest BCUT2D eigenvalue weighted by Crippen LogP contribution is -2.22. The van der Waals surface area contributed by atoms with Gasteiger partial charge in [0.2, 0.25) is 0 Å². The van der Waals surface area contributed by atoms with E-state index in [1.54, 1.807) is 6.07 Å². The predicted molar refractivity (Wildman–Crippen MR) is 63.0 cm³/mol. The molecule has 1 nitrogen and oxygen atoms in total. The summed E-state index contributed by atoms with van der Waals surface area (Å²) >= 11 is 11.8. The van der Waals surface area contributed by atoms with Crippen molar-refractivity contribution in [1.29, 1.82) is 0 Å². The summed E-state index contributed by atoms with van der Waals surface area (Å²) in [5, 5.41) is 1.38. The number of halogens is 2. The minimum atomic E-state index is 0.193. The van der Waals surface area contributed by atoms with Crippen molar-refractivity contribution in [2.24, 2.45) is 5.73 Å². The SMILES string of the molecule is CCC[C@@H](N)Cc1ccc(Cl)cc1Cl. The van der Waals surface area contributed by atoms with Gasteiger partial charge in [-0.1, -0.05) is 42.6 Å². The van der Waals surface area contributed by atoms with Gasteiger partial charge in [0.1, 0.15) is 0 Å². The third kappa shape index (κ3) is 3.49. The first-order valence-electron chi connectivity index (χ1n) is 4.83. The van der Waals surface area contributed by atoms with Crippen molar-refractivity contribution in [3.63, 3.8) is 0 Å². The van der Waals surface area contributed by atoms with Crippen LogP contribution in [0.15, 0.2) is 18.2 Å². The highest BCUT2D eigenvalue weighted by Gasteiger charge is 2.06. The highest BCUT2D eigenvalue weighted by molar-refractivity contribution is 6.35. The zero-order valence-electron chi connectivity index (χ0n) is 8.26. The zero-order valence-corrected chi connectivity index (χ0v) is 9.78. The van der Waals surface area contributed by atoms with Gasteiger partial charge >= 0.3 is 0 Å². The first-order chi connectivity index (χ1) is 6.63. The van der Waals surface area contributed by atoms with Gasteiger partial charge < -0.3 is 5.73 Å². The third-order valence-electron chi connectivity index (χ3n) is 2.16. The van der Waals surface area contributed by atoms with Crippen LogP contribution in [0.5, 0.6) is 0 Å². The van der Waals surface area contributed by atoms with Crippen LogP contribution >= 0.6 is 23.2 Å². The van der Waals surface area contributed by atoms with Gasteiger partial charge in [-0.25, -0.2) is 0 Å². The Kier molecular flexibility index (Phi) is 4.73. The van der Waals surface area contributed by atoms with E-state index >= 15 is 0 Å². The van der Waals surface area contributed by atoms with E-state index in [1.165, 1.54) is 0 Å². The van der Waals surface area contributed by atoms with E-state index in [9.17, 15) is 0 Å². The summed E-state index contributed by atoms with van der Waals surface area (Å²) < 4.78 is 0. The second kappa shape index (κ2) is 5.59. The van der Waals surface area contributed by atoms with Crippen LogP contribution in [0.2, 0.25) is 10.0 Å². The molecule has 0 aliphatic carbocycles. The Balaban J connectivity index is 2.67. The van der Waals surface area contributed by atoms with Gasteiger partial charge in [0.15, 0.2) is 0 Å². The summed E-state index contributed by atoms with van der Waals surface area (Å²) in [6, 6.07) is 5.75. The molecule has 1 atom stereocenters. The summed E-state index contributed by atoms with van der Waals surface area (Å²) in [6.07, 6.45) is 2.95. The normalized spacial score (nSPS) is 12.9. The van der Waals surface area contributed by atoms with Gasteiger partial charge in [0, 0.05) is 16.1 Å². The molecule has 0 unspecified atom stereocenters. The topological polar surface area (TPSA) is 26.0 Å². The van der Waals surface area contributed by atoms with Crippen LogP contribution in [0, 0.1) is 0 Å². The molecular weight excluding hydrogens is 217 g/mol. The van der Waals surface area contributed by atoms with Gasteiger partial charge in [0.25, 0.3) is 0 Å². The van der Waals surface area contributed by atoms with Crippen molar-refractivity contribution in [3.05, 3.63) is 33.8 Å². The fourth-order valence-corrected chi connectivity index (χ4v) is 1.93. The molecule has 0 bridgehead atoms. The van der Waals surface area contributed by atoms with E-state index in [0.717, 1.165) is 24.8 Å². The van der Waals surface area contributed by atoms with Crippen LogP contribution in [0.4, 0.5) is 0 Å². The lowest BCUT2D eigenvalue weighted by Gasteiger charge is -2.11. The van der Waals surface area contributed by atoms with Crippen LogP contribution < -0.4 is 5.73 Å². The first kappa shape index (κ1) is 11.8. The minimum Gasteiger partial charge on any atom is -0.327 e. The molecule has 0 amide bonds. The van der Waals surface area contributed by atoms with Gasteiger partial charge in [-0.2, -0.15) is 0 Å². The average Bonchev–Trinajstić information content (AvgIpc) is 2.10. The zero-order chi connectivity index (χ0) is 10.6. The minimum absolute atomic E-state index is 0.193. The average molecular weight is 232 g/mol. The quantitative estimate of drug-likeness (QED) is 0.842. The fourth-order valence-electron chi connectivity index (χ4n) is 1.44. The molecule has 0 aliphatic heterocycles. The van der Waals surface area contributed by atoms with Crippen LogP contribution in [-0.4, -0.2) is 6.04 Å². The summed E-state index contributed by atoms with van der Waals surface area (Å²) in [5.74, 6) is 0. The van der Waals surface area contributed by atoms with Gasteiger partial charge in [-0.15, -0.1) is 0 Å². The molecule has 0 spiro atoms. The maximum absolute atomic E-state index is 6.03. The van der Waals surface area contributed by atoms with E-state index in [2.05, 4.69) is 6.92 Å². The van der Waals surface area contributed by atoms with Gasteiger partial charge in [-0.3, -0.25) is 0 Å². The molecule has 0 radical (unpaired) electrons. The Morgan fingerprint density at radius 3 is 2.64 bits per heavy atom. The van der Waals surface area contributed by atoms with E-state index in [4.69, 9.17) is 28.9 Å². The Morgan fingerprint density at radius 1 is 1.36 bits per heavy atom. The molecule has 1 aromatic carbocycles. The van der Waals surface area contributed by atoms with Crippen molar-refractivity contribution in [1.82, 2.24) is 0 Å². The van der Waals surface area contributed by atoms with Crippen molar-refractivity contribution in [2.45, 2.75) is 32.2 Å². The number of benzene rings is 1. The van der Waals surface area contributed by atoms with Crippen molar-refractivity contribution < 1.29 is 0 Å². The molecule has 3 heteroatoms. The maximum atomic E-state index is 6.03. The maximum Gasteiger partial charge on any atom is 0.0453 e. The van der Waals surface area contributed by atoms with E-state index in [-0.39, 0.29) is 6.04 Å². The molecular formula is C11H15Cl2N. The lowest BCUT2D eigenvalue weighted by atomic mass is 10.0. The predicted octanol–water partition coefficient (Wildman–Crippen LogP) is 3.66. The number of nitrogens with two attached hydrogens (primary N) is 1. The smallest absolute Gasteiger partial charge is 0.0453 e. The second-order valence-electron chi connectivity index (χ2n) is 3.49. The van der Waals surface area contributed by atoms with Crippen LogP contribution in [0.3, 0.4) is 0 Å². The summed E-state index contributed by atoms with van der Waals surface area (Å²) in [5.41, 5.74) is 7.01. The molecule has 0 aliphatic rings. The molecule has 1 rings (SSSR count). The molecule has 2 N–H and O–H groups in total. The van der Waals surface area contributed by atoms with E-state index < -0.39 is 0 Å².